The van der Waals surface area contributed by atoms with Crippen molar-refractivity contribution in [2.24, 2.45) is 0 Å². The van der Waals surface area contributed by atoms with Gasteiger partial charge in [-0.2, -0.15) is 4.98 Å². The largest absolute Gasteiger partial charge is 0.481 e. The molecule has 0 fully saturated rings. The van der Waals surface area contributed by atoms with Crippen molar-refractivity contribution in [2.75, 3.05) is 13.1 Å². The lowest BCUT2D eigenvalue weighted by atomic mass is 10.4. The van der Waals surface area contributed by atoms with Gasteiger partial charge in [-0.3, -0.25) is 4.79 Å². The van der Waals surface area contributed by atoms with E-state index < -0.39 is 5.97 Å². The van der Waals surface area contributed by atoms with E-state index in [1.807, 2.05) is 0 Å². The summed E-state index contributed by atoms with van der Waals surface area (Å²) in [5, 5.41) is 14.6. The van der Waals surface area contributed by atoms with Crippen molar-refractivity contribution in [1.29, 1.82) is 0 Å². The number of urea groups is 1. The molecule has 0 aliphatic carbocycles. The van der Waals surface area contributed by atoms with E-state index in [2.05, 4.69) is 20.0 Å². The summed E-state index contributed by atoms with van der Waals surface area (Å²) >= 11 is 0. The minimum absolute atomic E-state index is 0.0799. The smallest absolute Gasteiger partial charge is 0.317 e. The van der Waals surface area contributed by atoms with Gasteiger partial charge in [0.2, 0.25) is 6.39 Å². The van der Waals surface area contributed by atoms with E-state index in [1.54, 1.807) is 6.92 Å². The highest BCUT2D eigenvalue weighted by Crippen LogP contribution is 1.94. The molecular weight excluding hydrogens is 228 g/mol. The van der Waals surface area contributed by atoms with Crippen LogP contribution in [0.3, 0.4) is 0 Å². The van der Waals surface area contributed by atoms with Crippen LogP contribution in [-0.4, -0.2) is 45.2 Å². The monoisotopic (exact) mass is 242 g/mol. The van der Waals surface area contributed by atoms with E-state index in [1.165, 1.54) is 11.3 Å². The summed E-state index contributed by atoms with van der Waals surface area (Å²) in [5.74, 6) is -0.568. The highest BCUT2D eigenvalue weighted by Gasteiger charge is 2.13. The van der Waals surface area contributed by atoms with Gasteiger partial charge in [0.1, 0.15) is 0 Å². The number of hydrogen-bond donors (Lipinski definition) is 2. The molecule has 0 aromatic carbocycles. The molecule has 17 heavy (non-hydrogen) atoms. The fourth-order valence-electron chi connectivity index (χ4n) is 1.17. The molecule has 0 saturated carbocycles. The van der Waals surface area contributed by atoms with E-state index in [0.717, 1.165) is 0 Å². The third-order valence-corrected chi connectivity index (χ3v) is 2.07. The van der Waals surface area contributed by atoms with Crippen molar-refractivity contribution >= 4 is 12.0 Å². The number of aliphatic carboxylic acids is 1. The van der Waals surface area contributed by atoms with Gasteiger partial charge < -0.3 is 19.8 Å². The first kappa shape index (κ1) is 12.9. The summed E-state index contributed by atoms with van der Waals surface area (Å²) in [7, 11) is 0. The van der Waals surface area contributed by atoms with Crippen LogP contribution < -0.4 is 5.32 Å². The second-order valence-electron chi connectivity index (χ2n) is 3.23. The van der Waals surface area contributed by atoms with Crippen molar-refractivity contribution in [3.05, 3.63) is 12.2 Å². The van der Waals surface area contributed by atoms with Gasteiger partial charge in [0, 0.05) is 13.1 Å². The van der Waals surface area contributed by atoms with Crippen LogP contribution in [0.25, 0.3) is 0 Å². The summed E-state index contributed by atoms with van der Waals surface area (Å²) in [6.45, 7) is 2.53. The van der Waals surface area contributed by atoms with Crippen LogP contribution in [0.15, 0.2) is 10.9 Å². The van der Waals surface area contributed by atoms with Crippen LogP contribution in [-0.2, 0) is 11.3 Å². The summed E-state index contributed by atoms with van der Waals surface area (Å²) in [4.78, 5) is 27.2. The summed E-state index contributed by atoms with van der Waals surface area (Å²) in [5.41, 5.74) is 0. The molecule has 94 valence electrons. The van der Waals surface area contributed by atoms with Gasteiger partial charge in [0.25, 0.3) is 0 Å². The lowest BCUT2D eigenvalue weighted by Crippen LogP contribution is -2.40. The zero-order valence-corrected chi connectivity index (χ0v) is 9.42. The number of nitrogens with zero attached hydrogens (tertiary/aromatic N) is 3. The number of aromatic nitrogens is 2. The molecule has 1 aromatic heterocycles. The maximum absolute atomic E-state index is 11.6. The number of nitrogens with one attached hydrogen (secondary N) is 1. The molecule has 2 N–H and O–H groups in total. The van der Waals surface area contributed by atoms with Crippen LogP contribution in [0.2, 0.25) is 0 Å². The highest BCUT2D eigenvalue weighted by atomic mass is 16.5. The Hall–Kier alpha value is -2.12. The average molecular weight is 242 g/mol. The second kappa shape index (κ2) is 6.46. The quantitative estimate of drug-likeness (QED) is 0.731. The van der Waals surface area contributed by atoms with Crippen LogP contribution in [0.5, 0.6) is 0 Å². The topological polar surface area (TPSA) is 109 Å². The normalized spacial score (nSPS) is 9.94. The Balaban J connectivity index is 2.35. The minimum atomic E-state index is -0.936. The van der Waals surface area contributed by atoms with Gasteiger partial charge in [-0.05, 0) is 6.92 Å². The molecule has 8 heteroatoms. The first-order valence-corrected chi connectivity index (χ1v) is 5.13. The number of carboxylic acids is 1. The number of amides is 2. The zero-order chi connectivity index (χ0) is 12.7. The fraction of sp³-hybridized carbons (Fsp3) is 0.556. The Morgan fingerprint density at radius 3 is 2.88 bits per heavy atom. The predicted molar refractivity (Wildman–Crippen MR) is 56.0 cm³/mol. The third-order valence-electron chi connectivity index (χ3n) is 2.07. The molecule has 0 saturated heterocycles. The maximum Gasteiger partial charge on any atom is 0.317 e. The molecule has 8 nitrogen and oxygen atoms in total. The summed E-state index contributed by atoms with van der Waals surface area (Å²) in [6, 6.07) is -0.349. The Labute approximate surface area is 97.6 Å². The van der Waals surface area contributed by atoms with E-state index in [9.17, 15) is 9.59 Å². The average Bonchev–Trinajstić information content (AvgIpc) is 2.79. The number of hydrogen-bond acceptors (Lipinski definition) is 5. The van der Waals surface area contributed by atoms with Gasteiger partial charge in [0.05, 0.1) is 13.0 Å². The third kappa shape index (κ3) is 4.49. The molecule has 0 atom stereocenters. The number of rotatable bonds is 6. The molecule has 0 spiro atoms. The second-order valence-corrected chi connectivity index (χ2v) is 3.23. The highest BCUT2D eigenvalue weighted by molar-refractivity contribution is 5.75. The number of carbonyl (C=O) groups excluding carboxylic acids is 1. The fourth-order valence-corrected chi connectivity index (χ4v) is 1.17. The van der Waals surface area contributed by atoms with Crippen LogP contribution in [0, 0.1) is 0 Å². The Bertz CT molecular complexity index is 365. The maximum atomic E-state index is 11.6. The van der Waals surface area contributed by atoms with Crippen molar-refractivity contribution < 1.29 is 19.2 Å². The van der Waals surface area contributed by atoms with E-state index in [-0.39, 0.29) is 25.5 Å². The first-order valence-electron chi connectivity index (χ1n) is 5.13. The molecular formula is C9H14N4O4. The van der Waals surface area contributed by atoms with Crippen LogP contribution >= 0.6 is 0 Å². The Kier molecular flexibility index (Phi) is 4.92. The summed E-state index contributed by atoms with van der Waals surface area (Å²) in [6.07, 6.45) is 1.09. The van der Waals surface area contributed by atoms with Crippen molar-refractivity contribution in [1.82, 2.24) is 20.4 Å². The van der Waals surface area contributed by atoms with E-state index in [4.69, 9.17) is 5.11 Å². The van der Waals surface area contributed by atoms with Gasteiger partial charge in [-0.25, -0.2) is 4.79 Å². The lowest BCUT2D eigenvalue weighted by Gasteiger charge is -2.19. The Morgan fingerprint density at radius 2 is 2.35 bits per heavy atom. The van der Waals surface area contributed by atoms with Crippen molar-refractivity contribution in [3.8, 4) is 0 Å². The van der Waals surface area contributed by atoms with Crippen molar-refractivity contribution in [2.45, 2.75) is 19.9 Å². The van der Waals surface area contributed by atoms with Gasteiger partial charge in [-0.1, -0.05) is 5.16 Å². The SMILES string of the molecule is CCN(CCC(=O)O)C(=O)NCc1ncon1. The minimum Gasteiger partial charge on any atom is -0.481 e. The van der Waals surface area contributed by atoms with Gasteiger partial charge >= 0.3 is 12.0 Å². The van der Waals surface area contributed by atoms with Gasteiger partial charge in [-0.15, -0.1) is 0 Å². The molecule has 0 bridgehead atoms. The van der Waals surface area contributed by atoms with Crippen LogP contribution in [0.1, 0.15) is 19.2 Å². The predicted octanol–water partition coefficient (Wildman–Crippen LogP) is 0.0758. The molecule has 1 rings (SSSR count). The molecule has 0 radical (unpaired) electrons. The lowest BCUT2D eigenvalue weighted by molar-refractivity contribution is -0.137. The van der Waals surface area contributed by atoms with E-state index in [0.29, 0.717) is 12.4 Å². The first-order chi connectivity index (χ1) is 8.13. The molecule has 0 unspecified atom stereocenters. The van der Waals surface area contributed by atoms with Crippen molar-refractivity contribution in [3.63, 3.8) is 0 Å². The van der Waals surface area contributed by atoms with Crippen LogP contribution in [0.4, 0.5) is 4.79 Å². The molecule has 1 aromatic rings. The summed E-state index contributed by atoms with van der Waals surface area (Å²) < 4.78 is 4.51. The Morgan fingerprint density at radius 1 is 1.59 bits per heavy atom. The molecule has 2 amide bonds. The molecule has 0 aliphatic rings. The standard InChI is InChI=1S/C9H14N4O4/c1-2-13(4-3-8(14)15)9(16)10-5-7-11-6-17-12-7/h6H,2-5H2,1H3,(H,10,16)(H,14,15). The molecule has 1 heterocycles. The van der Waals surface area contributed by atoms with E-state index >= 15 is 0 Å². The number of carbonyl (C=O) groups is 2. The number of carboxylic acid groups (broad SMARTS) is 1. The molecule has 0 aliphatic heterocycles. The zero-order valence-electron chi connectivity index (χ0n) is 9.42. The van der Waals surface area contributed by atoms with Gasteiger partial charge in [0.15, 0.2) is 5.82 Å².